The molecule has 2 aromatic carbocycles. The normalized spacial score (nSPS) is 10.1. The maximum atomic E-state index is 8.74. The van der Waals surface area contributed by atoms with Gasteiger partial charge in [0.25, 0.3) is 0 Å². The van der Waals surface area contributed by atoms with Crippen LogP contribution in [0.2, 0.25) is 0 Å². The fourth-order valence-electron chi connectivity index (χ4n) is 2.28. The first-order valence-electron chi connectivity index (χ1n) is 6.83. The molecule has 0 unspecified atom stereocenters. The van der Waals surface area contributed by atoms with E-state index in [4.69, 9.17) is 5.26 Å². The lowest BCUT2D eigenvalue weighted by atomic mass is 10.0. The van der Waals surface area contributed by atoms with Gasteiger partial charge in [-0.3, -0.25) is 0 Å². The number of nitriles is 1. The molecule has 0 radical (unpaired) electrons. The molecule has 0 amide bonds. The van der Waals surface area contributed by atoms with Crippen molar-refractivity contribution in [1.82, 2.24) is 0 Å². The Hall–Kier alpha value is -2.07. The minimum absolute atomic E-state index is 0.740. The predicted octanol–water partition coefficient (Wildman–Crippen LogP) is 4.43. The average Bonchev–Trinajstić information content (AvgIpc) is 2.46. The van der Waals surface area contributed by atoms with Gasteiger partial charge < -0.3 is 0 Å². The first-order valence-corrected chi connectivity index (χ1v) is 6.83. The third kappa shape index (κ3) is 3.96. The van der Waals surface area contributed by atoms with Crippen LogP contribution in [-0.4, -0.2) is 0 Å². The molecule has 1 nitrogen and oxygen atoms in total. The van der Waals surface area contributed by atoms with Crippen LogP contribution < -0.4 is 0 Å². The Labute approximate surface area is 115 Å². The second kappa shape index (κ2) is 6.75. The van der Waals surface area contributed by atoms with Gasteiger partial charge in [-0.15, -0.1) is 0 Å². The van der Waals surface area contributed by atoms with Crippen LogP contribution in [0.1, 0.15) is 35.1 Å². The summed E-state index contributed by atoms with van der Waals surface area (Å²) in [5.41, 5.74) is 4.91. The molecular formula is C18H19N. The standard InChI is InChI=1S/C18H19N/c1-15-6-2-4-8-18(15)9-5-3-7-16-10-12-17(14-19)13-11-16/h2,4,6,8,10-13H,3,5,7,9H2,1H3. The van der Waals surface area contributed by atoms with E-state index >= 15 is 0 Å². The molecule has 0 bridgehead atoms. The van der Waals surface area contributed by atoms with Crippen LogP contribution in [0.15, 0.2) is 48.5 Å². The van der Waals surface area contributed by atoms with Crippen molar-refractivity contribution in [2.75, 3.05) is 0 Å². The van der Waals surface area contributed by atoms with E-state index < -0.39 is 0 Å². The zero-order chi connectivity index (χ0) is 13.5. The predicted molar refractivity (Wildman–Crippen MR) is 79.0 cm³/mol. The molecule has 19 heavy (non-hydrogen) atoms. The van der Waals surface area contributed by atoms with E-state index in [1.165, 1.54) is 29.5 Å². The molecule has 0 aliphatic heterocycles. The number of unbranched alkanes of at least 4 members (excludes halogenated alkanes) is 1. The number of benzene rings is 2. The Kier molecular flexibility index (Phi) is 4.75. The van der Waals surface area contributed by atoms with Crippen LogP contribution in [0.4, 0.5) is 0 Å². The molecule has 0 aromatic heterocycles. The molecule has 2 rings (SSSR count). The van der Waals surface area contributed by atoms with Crippen LogP contribution in [0.3, 0.4) is 0 Å². The minimum Gasteiger partial charge on any atom is -0.192 e. The summed E-state index contributed by atoms with van der Waals surface area (Å²) in [4.78, 5) is 0. The van der Waals surface area contributed by atoms with E-state index in [0.717, 1.165) is 18.4 Å². The second-order valence-corrected chi connectivity index (χ2v) is 4.94. The van der Waals surface area contributed by atoms with Crippen LogP contribution in [-0.2, 0) is 12.8 Å². The SMILES string of the molecule is Cc1ccccc1CCCCc1ccc(C#N)cc1. The first-order chi connectivity index (χ1) is 9.29. The molecule has 0 aliphatic carbocycles. The van der Waals surface area contributed by atoms with Gasteiger partial charge >= 0.3 is 0 Å². The van der Waals surface area contributed by atoms with Crippen molar-refractivity contribution in [1.29, 1.82) is 5.26 Å². The topological polar surface area (TPSA) is 23.8 Å². The van der Waals surface area contributed by atoms with Crippen LogP contribution in [0.25, 0.3) is 0 Å². The smallest absolute Gasteiger partial charge is 0.0991 e. The minimum atomic E-state index is 0.740. The third-order valence-electron chi connectivity index (χ3n) is 3.51. The van der Waals surface area contributed by atoms with Crippen molar-refractivity contribution in [3.8, 4) is 6.07 Å². The van der Waals surface area contributed by atoms with Crippen molar-refractivity contribution >= 4 is 0 Å². The Morgan fingerprint density at radius 3 is 2.26 bits per heavy atom. The number of nitrogens with zero attached hydrogens (tertiary/aromatic N) is 1. The summed E-state index contributed by atoms with van der Waals surface area (Å²) in [5, 5.41) is 8.74. The molecule has 0 fully saturated rings. The zero-order valence-corrected chi connectivity index (χ0v) is 11.4. The Morgan fingerprint density at radius 1 is 0.895 bits per heavy atom. The number of rotatable bonds is 5. The number of aryl methyl sites for hydroxylation is 3. The largest absolute Gasteiger partial charge is 0.192 e. The number of hydrogen-bond acceptors (Lipinski definition) is 1. The third-order valence-corrected chi connectivity index (χ3v) is 3.51. The van der Waals surface area contributed by atoms with E-state index in [1.807, 2.05) is 12.1 Å². The van der Waals surface area contributed by atoms with Gasteiger partial charge in [-0.1, -0.05) is 36.4 Å². The maximum Gasteiger partial charge on any atom is 0.0991 e. The monoisotopic (exact) mass is 249 g/mol. The summed E-state index contributed by atoms with van der Waals surface area (Å²) < 4.78 is 0. The highest BCUT2D eigenvalue weighted by atomic mass is 14.2. The molecule has 2 aromatic rings. The van der Waals surface area contributed by atoms with Crippen LogP contribution >= 0.6 is 0 Å². The lowest BCUT2D eigenvalue weighted by Gasteiger charge is -2.05. The Morgan fingerprint density at radius 2 is 1.58 bits per heavy atom. The van der Waals surface area contributed by atoms with Crippen molar-refractivity contribution in [2.45, 2.75) is 32.6 Å². The quantitative estimate of drug-likeness (QED) is 0.719. The van der Waals surface area contributed by atoms with E-state index in [2.05, 4.69) is 49.4 Å². The summed E-state index contributed by atoms with van der Waals surface area (Å²) in [6.07, 6.45) is 4.66. The highest BCUT2D eigenvalue weighted by Gasteiger charge is 1.98. The van der Waals surface area contributed by atoms with Crippen molar-refractivity contribution in [2.24, 2.45) is 0 Å². The first kappa shape index (κ1) is 13.4. The molecule has 0 saturated carbocycles. The van der Waals surface area contributed by atoms with E-state index in [9.17, 15) is 0 Å². The molecule has 1 heteroatoms. The molecule has 0 heterocycles. The molecule has 0 aliphatic rings. The van der Waals surface area contributed by atoms with E-state index in [0.29, 0.717) is 0 Å². The molecule has 0 atom stereocenters. The fraction of sp³-hybridized carbons (Fsp3) is 0.278. The maximum absolute atomic E-state index is 8.74. The van der Waals surface area contributed by atoms with Crippen LogP contribution in [0.5, 0.6) is 0 Å². The summed E-state index contributed by atoms with van der Waals surface area (Å²) in [6.45, 7) is 2.18. The lowest BCUT2D eigenvalue weighted by molar-refractivity contribution is 0.732. The summed E-state index contributed by atoms with van der Waals surface area (Å²) in [6, 6.07) is 18.7. The molecule has 0 spiro atoms. The highest BCUT2D eigenvalue weighted by Crippen LogP contribution is 2.13. The second-order valence-electron chi connectivity index (χ2n) is 4.94. The van der Waals surface area contributed by atoms with Gasteiger partial charge in [0.1, 0.15) is 0 Å². The van der Waals surface area contributed by atoms with Gasteiger partial charge in [0.05, 0.1) is 11.6 Å². The zero-order valence-electron chi connectivity index (χ0n) is 11.4. The van der Waals surface area contributed by atoms with E-state index in [-0.39, 0.29) is 0 Å². The van der Waals surface area contributed by atoms with Crippen molar-refractivity contribution in [3.63, 3.8) is 0 Å². The summed E-state index contributed by atoms with van der Waals surface area (Å²) >= 11 is 0. The Bertz CT molecular complexity index is 561. The Balaban J connectivity index is 1.78. The average molecular weight is 249 g/mol. The van der Waals surface area contributed by atoms with Gasteiger partial charge in [0.15, 0.2) is 0 Å². The van der Waals surface area contributed by atoms with Gasteiger partial charge in [-0.25, -0.2) is 0 Å². The van der Waals surface area contributed by atoms with Gasteiger partial charge in [-0.05, 0) is 61.4 Å². The highest BCUT2D eigenvalue weighted by molar-refractivity contribution is 5.31. The van der Waals surface area contributed by atoms with Gasteiger partial charge in [0.2, 0.25) is 0 Å². The molecular weight excluding hydrogens is 230 g/mol. The van der Waals surface area contributed by atoms with Crippen molar-refractivity contribution < 1.29 is 0 Å². The van der Waals surface area contributed by atoms with E-state index in [1.54, 1.807) is 0 Å². The van der Waals surface area contributed by atoms with Gasteiger partial charge in [0, 0.05) is 0 Å². The lowest BCUT2D eigenvalue weighted by Crippen LogP contribution is -1.91. The summed E-state index contributed by atoms with van der Waals surface area (Å²) in [5.74, 6) is 0. The fourth-order valence-corrected chi connectivity index (χ4v) is 2.28. The molecule has 0 saturated heterocycles. The number of hydrogen-bond donors (Lipinski definition) is 0. The van der Waals surface area contributed by atoms with Crippen molar-refractivity contribution in [3.05, 3.63) is 70.8 Å². The molecule has 96 valence electrons. The van der Waals surface area contributed by atoms with Gasteiger partial charge in [-0.2, -0.15) is 5.26 Å². The summed E-state index contributed by atoms with van der Waals surface area (Å²) in [7, 11) is 0. The van der Waals surface area contributed by atoms with Crippen LogP contribution in [0, 0.1) is 18.3 Å². The molecule has 0 N–H and O–H groups in total.